The lowest BCUT2D eigenvalue weighted by Crippen LogP contribution is -2.42. The second kappa shape index (κ2) is 9.61. The van der Waals surface area contributed by atoms with Crippen molar-refractivity contribution in [3.8, 4) is 5.75 Å². The molecule has 7 atom stereocenters. The SMILES string of the molecule is O=C1C2C3CC(C2C(=O)N1c1ccccc1)C1C3Sc2[nH]c(=O)sc2[C@@H]1c1cc(Cl)ccc1OCc1ccccc1. The number of anilines is 1. The Morgan fingerprint density at radius 1 is 0.902 bits per heavy atom. The Balaban J connectivity index is 1.21. The number of aromatic nitrogens is 1. The summed E-state index contributed by atoms with van der Waals surface area (Å²) < 4.78 is 6.40. The summed E-state index contributed by atoms with van der Waals surface area (Å²) in [6.07, 6.45) is 0.828. The Bertz CT molecular complexity index is 1740. The average Bonchev–Trinajstić information content (AvgIpc) is 3.72. The third kappa shape index (κ3) is 3.87. The zero-order valence-corrected chi connectivity index (χ0v) is 24.1. The number of fused-ring (bicyclic) bond motifs is 9. The van der Waals surface area contributed by atoms with E-state index in [1.54, 1.807) is 11.8 Å². The molecule has 0 spiro atoms. The van der Waals surface area contributed by atoms with Crippen LogP contribution in [-0.4, -0.2) is 22.0 Å². The first-order chi connectivity index (χ1) is 20.0. The van der Waals surface area contributed by atoms with Gasteiger partial charge in [-0.05, 0) is 60.1 Å². The lowest BCUT2D eigenvalue weighted by Gasteiger charge is -2.43. The van der Waals surface area contributed by atoms with E-state index in [1.807, 2.05) is 78.9 Å². The number of nitrogens with one attached hydrogen (secondary N) is 1. The number of benzene rings is 3. The van der Waals surface area contributed by atoms with E-state index in [-0.39, 0.29) is 57.4 Å². The summed E-state index contributed by atoms with van der Waals surface area (Å²) >= 11 is 9.50. The number of H-pyrrole nitrogens is 1. The minimum Gasteiger partial charge on any atom is -0.489 e. The van der Waals surface area contributed by atoms with Crippen LogP contribution < -0.4 is 14.5 Å². The van der Waals surface area contributed by atoms with Gasteiger partial charge in [0.25, 0.3) is 0 Å². The molecule has 206 valence electrons. The third-order valence-corrected chi connectivity index (χ3v) is 12.1. The van der Waals surface area contributed by atoms with Gasteiger partial charge in [0.15, 0.2) is 0 Å². The molecule has 1 saturated heterocycles. The maximum atomic E-state index is 13.9. The first-order valence-electron chi connectivity index (χ1n) is 13.8. The second-order valence-corrected chi connectivity index (χ2v) is 13.9. The number of imide groups is 1. The normalized spacial score (nSPS) is 29.4. The van der Waals surface area contributed by atoms with Crippen LogP contribution in [0.4, 0.5) is 5.69 Å². The van der Waals surface area contributed by atoms with Gasteiger partial charge in [0.1, 0.15) is 12.4 Å². The predicted octanol–water partition coefficient (Wildman–Crippen LogP) is 6.35. The van der Waals surface area contributed by atoms with Gasteiger partial charge in [0, 0.05) is 26.6 Å². The molecule has 2 aliphatic heterocycles. The van der Waals surface area contributed by atoms with Gasteiger partial charge in [-0.2, -0.15) is 0 Å². The minimum absolute atomic E-state index is 0.0176. The van der Waals surface area contributed by atoms with E-state index < -0.39 is 0 Å². The van der Waals surface area contributed by atoms with E-state index in [2.05, 4.69) is 4.98 Å². The van der Waals surface area contributed by atoms with Gasteiger partial charge < -0.3 is 9.72 Å². The van der Waals surface area contributed by atoms with Crippen LogP contribution in [0, 0.1) is 29.6 Å². The fourth-order valence-electron chi connectivity index (χ4n) is 7.83. The van der Waals surface area contributed by atoms with Crippen molar-refractivity contribution in [1.82, 2.24) is 4.98 Å². The standard InChI is InChI=1S/C32H25ClN2O4S2/c33-17-11-12-22(39-15-16-7-3-1-4-8-16)19(13-17)23-24-20-14-21(27(24)40-29-28(23)41-32(38)34-29)26-25(20)30(36)35(31(26)37)18-9-5-2-6-10-18/h1-13,20-21,23-27H,14-15H2,(H,34,38)/t20?,21?,23-,24?,25?,26?,27?/m1/s1. The van der Waals surface area contributed by atoms with Crippen LogP contribution >= 0.6 is 34.7 Å². The summed E-state index contributed by atoms with van der Waals surface area (Å²) in [4.78, 5) is 45.7. The Morgan fingerprint density at radius 2 is 1.61 bits per heavy atom. The average molecular weight is 601 g/mol. The number of carbonyl (C=O) groups excluding carboxylic acids is 2. The molecule has 1 N–H and O–H groups in total. The topological polar surface area (TPSA) is 79.5 Å². The fraction of sp³-hybridized carbons (Fsp3) is 0.281. The number of thioether (sulfide) groups is 1. The number of amides is 2. The molecule has 4 aliphatic rings. The van der Waals surface area contributed by atoms with Gasteiger partial charge in [-0.15, -0.1) is 11.8 Å². The van der Waals surface area contributed by atoms with Gasteiger partial charge in [-0.25, -0.2) is 0 Å². The molecule has 2 amide bonds. The zero-order valence-electron chi connectivity index (χ0n) is 21.7. The number of rotatable bonds is 5. The van der Waals surface area contributed by atoms with Gasteiger partial charge in [0.05, 0.1) is 22.5 Å². The first kappa shape index (κ1) is 25.4. The molecule has 8 rings (SSSR count). The molecular formula is C32H25ClN2O4S2. The summed E-state index contributed by atoms with van der Waals surface area (Å²) in [5, 5.41) is 1.55. The van der Waals surface area contributed by atoms with E-state index in [1.165, 1.54) is 16.2 Å². The van der Waals surface area contributed by atoms with E-state index in [0.29, 0.717) is 17.3 Å². The third-order valence-electron chi connectivity index (χ3n) is 9.28. The van der Waals surface area contributed by atoms with Crippen LogP contribution in [0.15, 0.2) is 88.7 Å². The highest BCUT2D eigenvalue weighted by atomic mass is 35.5. The number of aromatic amines is 1. The quantitative estimate of drug-likeness (QED) is 0.270. The highest BCUT2D eigenvalue weighted by Crippen LogP contribution is 2.69. The molecule has 3 fully saturated rings. The molecule has 2 bridgehead atoms. The summed E-state index contributed by atoms with van der Waals surface area (Å²) in [6, 6.07) is 24.9. The number of para-hydroxylation sites is 1. The molecule has 3 aromatic carbocycles. The highest BCUT2D eigenvalue weighted by molar-refractivity contribution is 8.00. The number of nitrogens with zero attached hydrogens (tertiary/aromatic N) is 1. The highest BCUT2D eigenvalue weighted by Gasteiger charge is 2.69. The Labute approximate surface area is 249 Å². The van der Waals surface area contributed by atoms with E-state index in [9.17, 15) is 14.4 Å². The number of thiazole rings is 1. The largest absolute Gasteiger partial charge is 0.489 e. The van der Waals surface area contributed by atoms with Gasteiger partial charge in [0.2, 0.25) is 11.8 Å². The van der Waals surface area contributed by atoms with E-state index in [4.69, 9.17) is 16.3 Å². The molecular weight excluding hydrogens is 576 g/mol. The van der Waals surface area contributed by atoms with Gasteiger partial charge in [-0.1, -0.05) is 71.5 Å². The van der Waals surface area contributed by atoms with Gasteiger partial charge in [-0.3, -0.25) is 19.3 Å². The van der Waals surface area contributed by atoms with Crippen molar-refractivity contribution in [2.24, 2.45) is 29.6 Å². The molecule has 6 nitrogen and oxygen atoms in total. The summed E-state index contributed by atoms with van der Waals surface area (Å²) in [5.41, 5.74) is 2.62. The summed E-state index contributed by atoms with van der Waals surface area (Å²) in [6.45, 7) is 0.400. The monoisotopic (exact) mass is 600 g/mol. The van der Waals surface area contributed by atoms with Crippen molar-refractivity contribution >= 4 is 52.2 Å². The van der Waals surface area contributed by atoms with Crippen molar-refractivity contribution in [2.75, 3.05) is 4.90 Å². The van der Waals surface area contributed by atoms with Crippen LogP contribution in [0.1, 0.15) is 28.3 Å². The Hall–Kier alpha value is -3.33. The minimum atomic E-state index is -0.359. The Kier molecular flexibility index (Phi) is 5.95. The van der Waals surface area contributed by atoms with Crippen molar-refractivity contribution < 1.29 is 14.3 Å². The van der Waals surface area contributed by atoms with Crippen LogP contribution in [0.2, 0.25) is 5.02 Å². The van der Waals surface area contributed by atoms with Crippen molar-refractivity contribution in [2.45, 2.75) is 29.2 Å². The molecule has 0 radical (unpaired) electrons. The van der Waals surface area contributed by atoms with Gasteiger partial charge >= 0.3 is 4.87 Å². The maximum absolute atomic E-state index is 13.9. The van der Waals surface area contributed by atoms with E-state index in [0.717, 1.165) is 33.2 Å². The van der Waals surface area contributed by atoms with Crippen LogP contribution in [0.3, 0.4) is 0 Å². The number of hydrogen-bond acceptors (Lipinski definition) is 6. The van der Waals surface area contributed by atoms with Crippen LogP contribution in [0.5, 0.6) is 5.75 Å². The maximum Gasteiger partial charge on any atom is 0.305 e. The van der Waals surface area contributed by atoms with Crippen molar-refractivity contribution in [3.05, 3.63) is 110 Å². The molecule has 41 heavy (non-hydrogen) atoms. The number of halogens is 1. The van der Waals surface area contributed by atoms with Crippen LogP contribution in [-0.2, 0) is 16.2 Å². The molecule has 3 heterocycles. The number of carbonyl (C=O) groups is 2. The molecule has 1 aromatic heterocycles. The molecule has 9 heteroatoms. The summed E-state index contributed by atoms with van der Waals surface area (Å²) in [7, 11) is 0. The molecule has 6 unspecified atom stereocenters. The number of hydrogen-bond donors (Lipinski definition) is 1. The smallest absolute Gasteiger partial charge is 0.305 e. The summed E-state index contributed by atoms with van der Waals surface area (Å²) in [5.74, 6) is -0.191. The first-order valence-corrected chi connectivity index (χ1v) is 15.9. The van der Waals surface area contributed by atoms with Crippen molar-refractivity contribution in [3.63, 3.8) is 0 Å². The van der Waals surface area contributed by atoms with E-state index >= 15 is 0 Å². The lowest BCUT2D eigenvalue weighted by atomic mass is 9.68. The molecule has 2 aliphatic carbocycles. The predicted molar refractivity (Wildman–Crippen MR) is 160 cm³/mol. The number of ether oxygens (including phenoxy) is 1. The zero-order chi connectivity index (χ0) is 27.8. The second-order valence-electron chi connectivity index (χ2n) is 11.3. The fourth-order valence-corrected chi connectivity index (χ4v) is 10.9. The van der Waals surface area contributed by atoms with Crippen LogP contribution in [0.25, 0.3) is 0 Å². The Morgan fingerprint density at radius 3 is 2.37 bits per heavy atom. The molecule has 4 aromatic rings. The van der Waals surface area contributed by atoms with Crippen molar-refractivity contribution in [1.29, 1.82) is 0 Å². The lowest BCUT2D eigenvalue weighted by molar-refractivity contribution is -0.123. The molecule has 2 saturated carbocycles.